The molecule has 2 atom stereocenters. The van der Waals surface area contributed by atoms with Gasteiger partial charge in [0, 0.05) is 11.8 Å². The van der Waals surface area contributed by atoms with Crippen molar-refractivity contribution in [3.05, 3.63) is 29.3 Å². The van der Waals surface area contributed by atoms with Crippen molar-refractivity contribution in [2.75, 3.05) is 19.9 Å². The van der Waals surface area contributed by atoms with Crippen molar-refractivity contribution in [1.82, 2.24) is 5.32 Å². The van der Waals surface area contributed by atoms with Crippen molar-refractivity contribution < 1.29 is 13.2 Å². The molecule has 0 fully saturated rings. The molecule has 0 radical (unpaired) electrons. The highest BCUT2D eigenvalue weighted by Crippen LogP contribution is 2.36. The molecule has 2 rings (SSSR count). The van der Waals surface area contributed by atoms with E-state index in [-0.39, 0.29) is 17.0 Å². The van der Waals surface area contributed by atoms with Crippen molar-refractivity contribution in [2.24, 2.45) is 0 Å². The first-order valence-corrected chi connectivity index (χ1v) is 8.30. The van der Waals surface area contributed by atoms with Gasteiger partial charge in [-0.25, -0.2) is 8.42 Å². The minimum atomic E-state index is -3.05. The van der Waals surface area contributed by atoms with Crippen LogP contribution in [0.4, 0.5) is 0 Å². The number of hydrogen-bond acceptors (Lipinski definition) is 4. The van der Waals surface area contributed by atoms with Gasteiger partial charge in [-0.2, -0.15) is 0 Å². The molecule has 0 aliphatic heterocycles. The second kappa shape index (κ2) is 5.51. The number of hydrogen-bond donors (Lipinski definition) is 1. The van der Waals surface area contributed by atoms with E-state index in [4.69, 9.17) is 4.74 Å². The number of nitrogens with one attached hydrogen (secondary N) is 1. The third kappa shape index (κ3) is 2.62. The van der Waals surface area contributed by atoms with Crippen molar-refractivity contribution in [3.8, 4) is 5.75 Å². The van der Waals surface area contributed by atoms with Crippen molar-refractivity contribution in [2.45, 2.75) is 31.1 Å². The maximum Gasteiger partial charge on any atom is 0.154 e. The minimum absolute atomic E-state index is 0.149. The minimum Gasteiger partial charge on any atom is -0.497 e. The summed E-state index contributed by atoms with van der Waals surface area (Å²) in [5, 5.41) is 2.82. The van der Waals surface area contributed by atoms with Gasteiger partial charge in [0.05, 0.1) is 12.4 Å². The average molecular weight is 283 g/mol. The zero-order valence-corrected chi connectivity index (χ0v) is 12.5. The fourth-order valence-electron chi connectivity index (χ4n) is 2.82. The molecular formula is C14H21NO3S. The Hall–Kier alpha value is -1.07. The van der Waals surface area contributed by atoms with Crippen LogP contribution in [0.1, 0.15) is 30.5 Å². The summed E-state index contributed by atoms with van der Waals surface area (Å²) in [6.45, 7) is 1.71. The summed E-state index contributed by atoms with van der Waals surface area (Å²) in [5.74, 6) is 0.961. The molecule has 0 amide bonds. The van der Waals surface area contributed by atoms with Gasteiger partial charge in [-0.3, -0.25) is 0 Å². The molecule has 0 saturated heterocycles. The van der Waals surface area contributed by atoms with Crippen molar-refractivity contribution >= 4 is 9.84 Å². The molecule has 0 heterocycles. The quantitative estimate of drug-likeness (QED) is 0.914. The van der Waals surface area contributed by atoms with E-state index in [1.54, 1.807) is 14.0 Å². The summed E-state index contributed by atoms with van der Waals surface area (Å²) >= 11 is 0. The maximum absolute atomic E-state index is 12.2. The lowest BCUT2D eigenvalue weighted by Crippen LogP contribution is -2.40. The Balaban J connectivity index is 2.46. The van der Waals surface area contributed by atoms with Crippen LogP contribution in [0, 0.1) is 0 Å². The van der Waals surface area contributed by atoms with Crippen LogP contribution in [0.5, 0.6) is 5.75 Å². The molecule has 1 N–H and O–H groups in total. The Kier molecular flexibility index (Phi) is 4.16. The SMILES string of the molecule is CCS(=O)(=O)C1CCc2ccc(OC)cc2C1NC. The first-order valence-electron chi connectivity index (χ1n) is 6.59. The summed E-state index contributed by atoms with van der Waals surface area (Å²) < 4.78 is 29.7. The highest BCUT2D eigenvalue weighted by atomic mass is 32.2. The lowest BCUT2D eigenvalue weighted by Gasteiger charge is -2.33. The molecule has 1 aromatic rings. The van der Waals surface area contributed by atoms with Gasteiger partial charge >= 0.3 is 0 Å². The van der Waals surface area contributed by atoms with E-state index in [0.29, 0.717) is 6.42 Å². The van der Waals surface area contributed by atoms with Crippen LogP contribution >= 0.6 is 0 Å². The number of sulfone groups is 1. The summed E-state index contributed by atoms with van der Waals surface area (Å²) in [7, 11) is 0.393. The predicted octanol–water partition coefficient (Wildman–Crippen LogP) is 1.71. The van der Waals surface area contributed by atoms with Crippen molar-refractivity contribution in [1.29, 1.82) is 0 Å². The normalized spacial score (nSPS) is 22.9. The van der Waals surface area contributed by atoms with Crippen LogP contribution in [-0.2, 0) is 16.3 Å². The van der Waals surface area contributed by atoms with E-state index < -0.39 is 9.84 Å². The van der Waals surface area contributed by atoms with E-state index in [0.717, 1.165) is 17.7 Å². The molecule has 1 aromatic carbocycles. The Bertz CT molecular complexity index is 554. The lowest BCUT2D eigenvalue weighted by atomic mass is 9.87. The Morgan fingerprint density at radius 1 is 1.42 bits per heavy atom. The monoisotopic (exact) mass is 283 g/mol. The molecule has 0 bridgehead atoms. The smallest absolute Gasteiger partial charge is 0.154 e. The van der Waals surface area contributed by atoms with E-state index in [9.17, 15) is 8.42 Å². The number of benzene rings is 1. The van der Waals surface area contributed by atoms with Crippen LogP contribution in [0.15, 0.2) is 18.2 Å². The van der Waals surface area contributed by atoms with Gasteiger partial charge in [0.1, 0.15) is 5.75 Å². The zero-order valence-electron chi connectivity index (χ0n) is 11.6. The lowest BCUT2D eigenvalue weighted by molar-refractivity contribution is 0.410. The van der Waals surface area contributed by atoms with Gasteiger partial charge in [0.2, 0.25) is 0 Å². The molecule has 0 spiro atoms. The second-order valence-electron chi connectivity index (χ2n) is 4.86. The largest absolute Gasteiger partial charge is 0.497 e. The summed E-state index contributed by atoms with van der Waals surface area (Å²) in [5.41, 5.74) is 2.26. The first-order chi connectivity index (χ1) is 9.03. The highest BCUT2D eigenvalue weighted by molar-refractivity contribution is 7.92. The van der Waals surface area contributed by atoms with Gasteiger partial charge in [-0.1, -0.05) is 13.0 Å². The van der Waals surface area contributed by atoms with Crippen LogP contribution in [0.25, 0.3) is 0 Å². The van der Waals surface area contributed by atoms with Gasteiger partial charge in [0.25, 0.3) is 0 Å². The predicted molar refractivity (Wildman–Crippen MR) is 76.4 cm³/mol. The Labute approximate surface area is 115 Å². The van der Waals surface area contributed by atoms with E-state index in [1.807, 2.05) is 25.2 Å². The third-order valence-electron chi connectivity index (χ3n) is 3.93. The summed E-state index contributed by atoms with van der Waals surface area (Å²) in [4.78, 5) is 0. The highest BCUT2D eigenvalue weighted by Gasteiger charge is 2.36. The molecule has 0 aromatic heterocycles. The van der Waals surface area contributed by atoms with Gasteiger partial charge < -0.3 is 10.1 Å². The molecule has 106 valence electrons. The second-order valence-corrected chi connectivity index (χ2v) is 7.37. The zero-order chi connectivity index (χ0) is 14.0. The first kappa shape index (κ1) is 14.3. The fourth-order valence-corrected chi connectivity index (χ4v) is 4.43. The number of methoxy groups -OCH3 is 1. The number of fused-ring (bicyclic) bond motifs is 1. The molecule has 2 unspecified atom stereocenters. The van der Waals surface area contributed by atoms with Crippen LogP contribution in [0.3, 0.4) is 0 Å². The molecule has 4 nitrogen and oxygen atoms in total. The van der Waals surface area contributed by atoms with Crippen molar-refractivity contribution in [3.63, 3.8) is 0 Å². The average Bonchev–Trinajstić information content (AvgIpc) is 2.45. The number of rotatable bonds is 4. The van der Waals surface area contributed by atoms with Crippen LogP contribution in [-0.4, -0.2) is 33.6 Å². The van der Waals surface area contributed by atoms with Gasteiger partial charge in [0.15, 0.2) is 9.84 Å². The molecule has 1 aliphatic rings. The van der Waals surface area contributed by atoms with E-state index in [2.05, 4.69) is 5.32 Å². The van der Waals surface area contributed by atoms with Crippen LogP contribution < -0.4 is 10.1 Å². The topological polar surface area (TPSA) is 55.4 Å². The Morgan fingerprint density at radius 2 is 2.16 bits per heavy atom. The molecule has 1 aliphatic carbocycles. The number of ether oxygens (including phenoxy) is 1. The standard InChI is InChI=1S/C14H21NO3S/c1-4-19(16,17)13-8-6-10-5-7-11(18-3)9-12(10)14(13)15-2/h5,7,9,13-15H,4,6,8H2,1-3H3. The maximum atomic E-state index is 12.2. The fraction of sp³-hybridized carbons (Fsp3) is 0.571. The van der Waals surface area contributed by atoms with Gasteiger partial charge in [-0.05, 0) is 43.1 Å². The van der Waals surface area contributed by atoms with E-state index >= 15 is 0 Å². The summed E-state index contributed by atoms with van der Waals surface area (Å²) in [6, 6.07) is 5.77. The molecule has 0 saturated carbocycles. The molecular weight excluding hydrogens is 262 g/mol. The van der Waals surface area contributed by atoms with E-state index in [1.165, 1.54) is 5.56 Å². The number of aryl methyl sites for hydroxylation is 1. The molecule has 19 heavy (non-hydrogen) atoms. The van der Waals surface area contributed by atoms with Gasteiger partial charge in [-0.15, -0.1) is 0 Å². The Morgan fingerprint density at radius 3 is 2.74 bits per heavy atom. The van der Waals surface area contributed by atoms with Crippen LogP contribution in [0.2, 0.25) is 0 Å². The third-order valence-corrected chi connectivity index (χ3v) is 6.17. The summed E-state index contributed by atoms with van der Waals surface area (Å²) in [6.07, 6.45) is 1.49. The molecule has 5 heteroatoms.